The quantitative estimate of drug-likeness (QED) is 0.0330. The summed E-state index contributed by atoms with van der Waals surface area (Å²) in [6.45, 7) is 7.80. The number of hydrogen-bond acceptors (Lipinski definition) is 22. The van der Waals surface area contributed by atoms with Crippen molar-refractivity contribution in [3.63, 3.8) is 0 Å². The number of carboxylic acid groups (broad SMARTS) is 5. The van der Waals surface area contributed by atoms with Crippen molar-refractivity contribution in [3.8, 4) is 0 Å². The van der Waals surface area contributed by atoms with Gasteiger partial charge in [-0.25, -0.2) is 0 Å². The third-order valence-electron chi connectivity index (χ3n) is 16.8. The molecule has 1 saturated heterocycles. The van der Waals surface area contributed by atoms with E-state index in [0.717, 1.165) is 0 Å². The second-order valence-electron chi connectivity index (χ2n) is 26.5. The highest BCUT2D eigenvalue weighted by Gasteiger charge is 2.38. The van der Waals surface area contributed by atoms with Crippen molar-refractivity contribution in [2.24, 2.45) is 35.3 Å². The molecule has 1 heterocycles. The lowest BCUT2D eigenvalue weighted by Gasteiger charge is -2.27. The Hall–Kier alpha value is -8.69. The first kappa shape index (κ1) is 90.4. The first-order chi connectivity index (χ1) is 48.5. The number of nitrogens with zero attached hydrogens (tertiary/aromatic N) is 1. The van der Waals surface area contributed by atoms with Crippen molar-refractivity contribution in [1.29, 1.82) is 0 Å². The maximum Gasteiger partial charge on any atom is 0.303 e. The van der Waals surface area contributed by atoms with Crippen LogP contribution in [0.25, 0.3) is 0 Å². The SMILES string of the molecule is CSC[C@H](NC(=O)CCC(=O)[C@H](CC(C)C)NC(=O)[C@@H]1CCCN1C(=O)COCCCC(=O)[C@H](Cc1ccc(C(C)=O)cc1)NC(=O)[C@@H](CCC(=O)O)CC(=O)[C@@H](CCC(=O)O)NC(=O)[C@@H](CCC(=O)O)CC(=O)[C@@H](CCC(=O)O)NC(=O)[C@@H](CCC(=O)O)CC(=O)COCCN)C(=O)CC(C)C. The summed E-state index contributed by atoms with van der Waals surface area (Å²) in [4.78, 5) is 237. The first-order valence-corrected chi connectivity index (χ1v) is 35.9. The molecule has 1 aromatic rings. The zero-order valence-corrected chi connectivity index (χ0v) is 60.3. The van der Waals surface area contributed by atoms with Gasteiger partial charge in [0.25, 0.3) is 0 Å². The van der Waals surface area contributed by atoms with E-state index < -0.39 is 245 Å². The smallest absolute Gasteiger partial charge is 0.303 e. The zero-order valence-electron chi connectivity index (χ0n) is 59.5. The van der Waals surface area contributed by atoms with E-state index in [0.29, 0.717) is 23.3 Å². The molecule has 32 nitrogen and oxygen atoms in total. The van der Waals surface area contributed by atoms with Crippen molar-refractivity contribution >= 4 is 118 Å². The topological polar surface area (TPSA) is 516 Å². The summed E-state index contributed by atoms with van der Waals surface area (Å²) in [5, 5.41) is 60.8. The van der Waals surface area contributed by atoms with Gasteiger partial charge in [0.2, 0.25) is 35.4 Å². The molecule has 574 valence electrons. The predicted octanol–water partition coefficient (Wildman–Crippen LogP) is 2.61. The number of nitrogens with two attached hydrogens (primary N) is 1. The van der Waals surface area contributed by atoms with E-state index in [1.165, 1.54) is 47.9 Å². The number of likely N-dealkylation sites (tertiary alicyclic amines) is 1. The Morgan fingerprint density at radius 2 is 0.981 bits per heavy atom. The number of Topliss-reactive ketones (excluding diaryl/α,β-unsaturated/α-hetero) is 7. The minimum absolute atomic E-state index is 0.0259. The highest BCUT2D eigenvalue weighted by molar-refractivity contribution is 7.98. The molecule has 12 N–H and O–H groups in total. The van der Waals surface area contributed by atoms with Crippen LogP contribution in [0.3, 0.4) is 0 Å². The van der Waals surface area contributed by atoms with E-state index in [1.54, 1.807) is 0 Å². The molecule has 6 amide bonds. The summed E-state index contributed by atoms with van der Waals surface area (Å²) in [5.74, 6) is -20.5. The summed E-state index contributed by atoms with van der Waals surface area (Å²) in [6.07, 6.45) is -6.95. The van der Waals surface area contributed by atoms with Gasteiger partial charge in [0.1, 0.15) is 19.3 Å². The minimum Gasteiger partial charge on any atom is -0.481 e. The maximum absolute atomic E-state index is 14.4. The third kappa shape index (κ3) is 36.8. The van der Waals surface area contributed by atoms with Crippen molar-refractivity contribution in [3.05, 3.63) is 35.4 Å². The lowest BCUT2D eigenvalue weighted by molar-refractivity contribution is -0.142. The molecule has 103 heavy (non-hydrogen) atoms. The Bertz CT molecular complexity index is 3120. The average Bonchev–Trinajstić information content (AvgIpc) is 1.77. The number of carbonyl (C=O) groups excluding carboxylic acids is 13. The van der Waals surface area contributed by atoms with Crippen molar-refractivity contribution < 1.29 is 121 Å². The predicted molar refractivity (Wildman–Crippen MR) is 370 cm³/mol. The Balaban J connectivity index is 2.37. The molecular weight excluding hydrogens is 1370 g/mol. The zero-order chi connectivity index (χ0) is 77.5. The van der Waals surface area contributed by atoms with Gasteiger partial charge in [-0.1, -0.05) is 52.0 Å². The maximum atomic E-state index is 14.4. The Morgan fingerprint density at radius 3 is 1.45 bits per heavy atom. The number of benzene rings is 1. The van der Waals surface area contributed by atoms with Crippen molar-refractivity contribution in [2.45, 2.75) is 212 Å². The summed E-state index contributed by atoms with van der Waals surface area (Å²) < 4.78 is 10.8. The summed E-state index contributed by atoms with van der Waals surface area (Å²) in [5.41, 5.74) is 6.13. The number of ketones is 7. The molecule has 9 atom stereocenters. The van der Waals surface area contributed by atoms with Gasteiger partial charge in [0, 0.05) is 126 Å². The molecule has 0 unspecified atom stereocenters. The van der Waals surface area contributed by atoms with Crippen LogP contribution >= 0.6 is 11.8 Å². The number of ether oxygens (including phenoxy) is 2. The minimum atomic E-state index is -1.82. The van der Waals surface area contributed by atoms with Gasteiger partial charge in [-0.15, -0.1) is 0 Å². The van der Waals surface area contributed by atoms with E-state index >= 15 is 0 Å². The highest BCUT2D eigenvalue weighted by Crippen LogP contribution is 2.24. The van der Waals surface area contributed by atoms with Gasteiger partial charge in [-0.2, -0.15) is 11.8 Å². The second kappa shape index (κ2) is 48.3. The molecular formula is C70H103N7O25S. The number of nitrogens with one attached hydrogen (secondary N) is 5. The Labute approximate surface area is 602 Å². The van der Waals surface area contributed by atoms with Crippen LogP contribution in [0.5, 0.6) is 0 Å². The lowest BCUT2D eigenvalue weighted by atomic mass is 9.89. The van der Waals surface area contributed by atoms with Crippen molar-refractivity contribution in [1.82, 2.24) is 31.5 Å². The molecule has 1 aromatic carbocycles. The van der Waals surface area contributed by atoms with E-state index in [4.69, 9.17) is 15.2 Å². The summed E-state index contributed by atoms with van der Waals surface area (Å²) >= 11 is 1.40. The van der Waals surface area contributed by atoms with Crippen LogP contribution in [0.1, 0.15) is 185 Å². The second-order valence-corrected chi connectivity index (χ2v) is 27.4. The van der Waals surface area contributed by atoms with Crippen LogP contribution in [0.2, 0.25) is 0 Å². The van der Waals surface area contributed by atoms with Gasteiger partial charge in [-0.3, -0.25) is 86.3 Å². The van der Waals surface area contributed by atoms with Gasteiger partial charge >= 0.3 is 29.8 Å². The molecule has 2 rings (SSSR count). The van der Waals surface area contributed by atoms with Gasteiger partial charge in [-0.05, 0) is 94.8 Å². The molecule has 1 aliphatic rings. The number of hydrogen-bond donors (Lipinski definition) is 11. The summed E-state index contributed by atoms with van der Waals surface area (Å²) in [6, 6.07) is -1.62. The first-order valence-electron chi connectivity index (χ1n) is 34.5. The normalized spacial score (nSPS) is 15.0. The third-order valence-corrected chi connectivity index (χ3v) is 17.5. The Kier molecular flexibility index (Phi) is 42.4. The molecule has 1 aliphatic heterocycles. The number of amides is 6. The fourth-order valence-electron chi connectivity index (χ4n) is 11.3. The number of aliphatic carboxylic acids is 5. The van der Waals surface area contributed by atoms with E-state index in [-0.39, 0.29) is 101 Å². The van der Waals surface area contributed by atoms with Crippen LogP contribution in [-0.2, 0) is 97.4 Å². The number of carboxylic acids is 5. The van der Waals surface area contributed by atoms with Gasteiger partial charge in [0.15, 0.2) is 40.5 Å². The van der Waals surface area contributed by atoms with Gasteiger partial charge in [0.05, 0.1) is 36.8 Å². The van der Waals surface area contributed by atoms with Gasteiger partial charge < -0.3 is 72.2 Å². The molecule has 0 saturated carbocycles. The van der Waals surface area contributed by atoms with E-state index in [2.05, 4.69) is 26.6 Å². The van der Waals surface area contributed by atoms with E-state index in [9.17, 15) is 112 Å². The highest BCUT2D eigenvalue weighted by atomic mass is 32.2. The Morgan fingerprint density at radius 1 is 0.515 bits per heavy atom. The molecule has 33 heteroatoms. The van der Waals surface area contributed by atoms with Crippen LogP contribution in [-0.4, -0.2) is 224 Å². The average molecular weight is 1470 g/mol. The fraction of sp³-hybridized carbons (Fsp3) is 0.657. The molecule has 0 aliphatic carbocycles. The molecule has 0 radical (unpaired) electrons. The monoisotopic (exact) mass is 1470 g/mol. The van der Waals surface area contributed by atoms with Crippen LogP contribution in [0.15, 0.2) is 24.3 Å². The molecule has 1 fully saturated rings. The molecule has 0 bridgehead atoms. The van der Waals surface area contributed by atoms with Crippen LogP contribution in [0, 0.1) is 29.6 Å². The fourth-order valence-corrected chi connectivity index (χ4v) is 12.0. The number of carbonyl (C=O) groups is 18. The number of rotatable bonds is 57. The van der Waals surface area contributed by atoms with Crippen LogP contribution < -0.4 is 32.3 Å². The number of thioether (sulfide) groups is 1. The van der Waals surface area contributed by atoms with E-state index in [1.807, 2.05) is 34.0 Å². The molecule has 0 aromatic heterocycles. The molecule has 0 spiro atoms. The van der Waals surface area contributed by atoms with Crippen molar-refractivity contribution in [2.75, 3.05) is 51.5 Å². The lowest BCUT2D eigenvalue weighted by Crippen LogP contribution is -2.52. The standard InChI is InChI=1S/C70H103N7O25S/c1-40(2)31-51(56(81)20-21-60(85)72-53(39-103-6)57(82)32-41(3)4)76-70(100)54-9-7-28-77(54)61(86)38-101-29-8-10-55(80)52(33-43-11-13-44(14-12-43)42(5)78)75-69(99)47(17-24-64(91)92)36-59(84)50(19-26-66(95)96)74-68(98)46(16-23-63(89)90)35-58(83)49(18-25-65(93)94)73-67(97)45(15-22-62(87)88)34-48(79)37-102-30-27-71/h11-14,40-41,45-47,49-54H,7-10,15-39,71H2,1-6H3,(H,72,85)(H,73,97)(H,74,98)(H,75,99)(H,76,100)(H,87,88)(H,89,90)(H,91,92)(H,93,94)(H,95,96)/t45-,46-,47-,49+,50+,51-,52-,53-,54-/m0/s1. The van der Waals surface area contributed by atoms with Crippen LogP contribution in [0.4, 0.5) is 0 Å². The largest absolute Gasteiger partial charge is 0.481 e. The summed E-state index contributed by atoms with van der Waals surface area (Å²) in [7, 11) is 0.